The van der Waals surface area contributed by atoms with Crippen molar-refractivity contribution < 1.29 is 17.6 Å². The number of nitrogens with one attached hydrogen (secondary N) is 1. The minimum Gasteiger partial charge on any atom is -0.379 e. The lowest BCUT2D eigenvalue weighted by atomic mass is 10.0. The van der Waals surface area contributed by atoms with Gasteiger partial charge in [0, 0.05) is 6.04 Å². The van der Waals surface area contributed by atoms with Crippen molar-refractivity contribution in [1.29, 1.82) is 0 Å². The largest absolute Gasteiger partial charge is 0.416 e. The molecule has 0 unspecified atom stereocenters. The summed E-state index contributed by atoms with van der Waals surface area (Å²) in [4.78, 5) is 0. The Balaban J connectivity index is 2.21. The van der Waals surface area contributed by atoms with Crippen LogP contribution in [0.2, 0.25) is 0 Å². The van der Waals surface area contributed by atoms with Gasteiger partial charge in [-0.1, -0.05) is 27.7 Å². The van der Waals surface area contributed by atoms with Crippen molar-refractivity contribution in [2.24, 2.45) is 10.8 Å². The fourth-order valence-corrected chi connectivity index (χ4v) is 2.52. The maximum atomic E-state index is 13.7. The molecule has 19 heavy (non-hydrogen) atoms. The molecule has 0 amide bonds. The van der Waals surface area contributed by atoms with Crippen molar-refractivity contribution in [1.82, 2.24) is 0 Å². The maximum absolute atomic E-state index is 13.7. The highest BCUT2D eigenvalue weighted by Gasteiger charge is 2.65. The summed E-state index contributed by atoms with van der Waals surface area (Å²) in [6, 6.07) is 2.63. The second-order valence-electron chi connectivity index (χ2n) is 6.21. The molecule has 2 rings (SSSR count). The Bertz CT molecular complexity index is 489. The number of hydrogen-bond acceptors (Lipinski definition) is 1. The Labute approximate surface area is 110 Å². The van der Waals surface area contributed by atoms with Gasteiger partial charge >= 0.3 is 6.18 Å². The third kappa shape index (κ3) is 2.19. The average Bonchev–Trinajstić information content (AvgIpc) is 2.61. The van der Waals surface area contributed by atoms with Crippen molar-refractivity contribution in [3.05, 3.63) is 29.6 Å². The smallest absolute Gasteiger partial charge is 0.379 e. The zero-order valence-electron chi connectivity index (χ0n) is 11.3. The summed E-state index contributed by atoms with van der Waals surface area (Å²) in [5, 5.41) is 3.00. The summed E-state index contributed by atoms with van der Waals surface area (Å²) < 4.78 is 51.0. The minimum atomic E-state index is -4.52. The van der Waals surface area contributed by atoms with Crippen LogP contribution in [0, 0.1) is 16.6 Å². The zero-order valence-corrected chi connectivity index (χ0v) is 11.3. The number of benzene rings is 1. The summed E-state index contributed by atoms with van der Waals surface area (Å²) in [5.41, 5.74) is -0.869. The van der Waals surface area contributed by atoms with Crippen LogP contribution in [0.25, 0.3) is 0 Å². The number of anilines is 1. The normalized spacial score (nSPS) is 21.3. The van der Waals surface area contributed by atoms with Crippen LogP contribution in [0.5, 0.6) is 0 Å². The van der Waals surface area contributed by atoms with Crippen molar-refractivity contribution in [2.45, 2.75) is 39.9 Å². The first-order valence-electron chi connectivity index (χ1n) is 6.11. The first-order chi connectivity index (χ1) is 8.48. The first-order valence-corrected chi connectivity index (χ1v) is 6.11. The molecule has 0 bridgehead atoms. The van der Waals surface area contributed by atoms with Crippen LogP contribution in [0.1, 0.15) is 33.3 Å². The Hall–Kier alpha value is -1.26. The highest BCUT2D eigenvalue weighted by Crippen LogP contribution is 2.63. The summed E-state index contributed by atoms with van der Waals surface area (Å²) in [6.07, 6.45) is -4.52. The van der Waals surface area contributed by atoms with Gasteiger partial charge in [0.15, 0.2) is 0 Å². The molecule has 1 N–H and O–H groups in total. The lowest BCUT2D eigenvalue weighted by molar-refractivity contribution is -0.137. The van der Waals surface area contributed by atoms with E-state index in [0.29, 0.717) is 6.07 Å². The summed E-state index contributed by atoms with van der Waals surface area (Å²) in [5.74, 6) is -0.867. The Kier molecular flexibility index (Phi) is 2.88. The second kappa shape index (κ2) is 3.87. The van der Waals surface area contributed by atoms with E-state index >= 15 is 0 Å². The third-order valence-corrected chi connectivity index (χ3v) is 4.62. The van der Waals surface area contributed by atoms with Gasteiger partial charge in [0.1, 0.15) is 5.82 Å². The topological polar surface area (TPSA) is 12.0 Å². The monoisotopic (exact) mass is 275 g/mol. The molecule has 106 valence electrons. The number of rotatable bonds is 2. The predicted octanol–water partition coefficient (Wildman–Crippen LogP) is 4.69. The molecular weight excluding hydrogens is 258 g/mol. The van der Waals surface area contributed by atoms with E-state index in [1.54, 1.807) is 0 Å². The molecule has 0 aliphatic heterocycles. The van der Waals surface area contributed by atoms with Gasteiger partial charge in [0.2, 0.25) is 0 Å². The minimum absolute atomic E-state index is 0.0118. The van der Waals surface area contributed by atoms with Crippen LogP contribution < -0.4 is 5.32 Å². The molecule has 0 spiro atoms. The summed E-state index contributed by atoms with van der Waals surface area (Å²) in [7, 11) is 0. The van der Waals surface area contributed by atoms with Gasteiger partial charge in [-0.25, -0.2) is 4.39 Å². The van der Waals surface area contributed by atoms with Crippen LogP contribution in [-0.4, -0.2) is 6.04 Å². The van der Waals surface area contributed by atoms with Crippen molar-refractivity contribution in [3.8, 4) is 0 Å². The number of alkyl halides is 3. The van der Waals surface area contributed by atoms with E-state index < -0.39 is 17.6 Å². The number of hydrogen-bond donors (Lipinski definition) is 1. The molecule has 1 aliphatic rings. The molecule has 0 aromatic heterocycles. The molecule has 1 aromatic carbocycles. The van der Waals surface area contributed by atoms with E-state index in [1.165, 1.54) is 0 Å². The highest BCUT2D eigenvalue weighted by atomic mass is 19.4. The molecule has 0 radical (unpaired) electrons. The quantitative estimate of drug-likeness (QED) is 0.772. The van der Waals surface area contributed by atoms with Crippen molar-refractivity contribution in [3.63, 3.8) is 0 Å². The Morgan fingerprint density at radius 3 is 1.95 bits per heavy atom. The van der Waals surface area contributed by atoms with Crippen LogP contribution >= 0.6 is 0 Å². The van der Waals surface area contributed by atoms with Crippen LogP contribution in [0.3, 0.4) is 0 Å². The molecule has 1 aliphatic carbocycles. The van der Waals surface area contributed by atoms with E-state index in [9.17, 15) is 17.6 Å². The summed E-state index contributed by atoms with van der Waals surface area (Å²) in [6.45, 7) is 8.19. The third-order valence-electron chi connectivity index (χ3n) is 4.62. The van der Waals surface area contributed by atoms with E-state index in [-0.39, 0.29) is 22.6 Å². The molecule has 0 atom stereocenters. The van der Waals surface area contributed by atoms with Gasteiger partial charge in [0.25, 0.3) is 0 Å². The number of halogens is 4. The zero-order chi connectivity index (χ0) is 14.6. The molecule has 0 saturated heterocycles. The highest BCUT2D eigenvalue weighted by molar-refractivity contribution is 5.50. The van der Waals surface area contributed by atoms with Crippen molar-refractivity contribution in [2.75, 3.05) is 5.32 Å². The van der Waals surface area contributed by atoms with Crippen LogP contribution in [0.15, 0.2) is 18.2 Å². The fourth-order valence-electron chi connectivity index (χ4n) is 2.52. The Morgan fingerprint density at radius 1 is 1.05 bits per heavy atom. The van der Waals surface area contributed by atoms with E-state index in [1.807, 2.05) is 27.7 Å². The van der Waals surface area contributed by atoms with Gasteiger partial charge in [0.05, 0.1) is 11.3 Å². The second-order valence-corrected chi connectivity index (χ2v) is 6.21. The van der Waals surface area contributed by atoms with Gasteiger partial charge < -0.3 is 5.32 Å². The fraction of sp³-hybridized carbons (Fsp3) is 0.571. The predicted molar refractivity (Wildman–Crippen MR) is 66.4 cm³/mol. The molecule has 1 saturated carbocycles. The first kappa shape index (κ1) is 14.2. The standard InChI is InChI=1S/C14H17F4N/c1-12(2)11(13(12,3)4)19-10-6-5-8(7-9(10)15)14(16,17)18/h5-7,11,19H,1-4H3. The lowest BCUT2D eigenvalue weighted by Crippen LogP contribution is -2.12. The van der Waals surface area contributed by atoms with Crippen molar-refractivity contribution >= 4 is 5.69 Å². The Morgan fingerprint density at radius 2 is 1.58 bits per heavy atom. The molecule has 0 heterocycles. The van der Waals surface area contributed by atoms with E-state index in [2.05, 4.69) is 5.32 Å². The van der Waals surface area contributed by atoms with E-state index in [4.69, 9.17) is 0 Å². The van der Waals surface area contributed by atoms with Gasteiger partial charge in [-0.3, -0.25) is 0 Å². The van der Waals surface area contributed by atoms with Crippen LogP contribution in [0.4, 0.5) is 23.2 Å². The molecule has 1 aromatic rings. The molecule has 1 nitrogen and oxygen atoms in total. The lowest BCUT2D eigenvalue weighted by Gasteiger charge is -2.12. The van der Waals surface area contributed by atoms with Gasteiger partial charge in [-0.05, 0) is 29.0 Å². The van der Waals surface area contributed by atoms with Gasteiger partial charge in [-0.15, -0.1) is 0 Å². The maximum Gasteiger partial charge on any atom is 0.416 e. The molecular formula is C14H17F4N. The van der Waals surface area contributed by atoms with Gasteiger partial charge in [-0.2, -0.15) is 13.2 Å². The van der Waals surface area contributed by atoms with Crippen LogP contribution in [-0.2, 0) is 6.18 Å². The van der Waals surface area contributed by atoms with E-state index in [0.717, 1.165) is 12.1 Å². The SMILES string of the molecule is CC1(C)C(Nc2ccc(C(F)(F)F)cc2F)C1(C)C. The molecule has 1 fully saturated rings. The summed E-state index contributed by atoms with van der Waals surface area (Å²) >= 11 is 0. The molecule has 5 heteroatoms. The average molecular weight is 275 g/mol.